The molecule has 1 amide bonds. The Labute approximate surface area is 137 Å². The van der Waals surface area contributed by atoms with Crippen LogP contribution in [-0.2, 0) is 13.1 Å². The van der Waals surface area contributed by atoms with Crippen molar-refractivity contribution in [3.63, 3.8) is 0 Å². The average molecular weight is 326 g/mol. The van der Waals surface area contributed by atoms with Crippen molar-refractivity contribution in [3.8, 4) is 0 Å². The van der Waals surface area contributed by atoms with Crippen molar-refractivity contribution in [2.45, 2.75) is 13.1 Å². The molecule has 0 unspecified atom stereocenters. The third-order valence-electron chi connectivity index (χ3n) is 3.29. The molecular weight excluding hydrogens is 311 g/mol. The molecule has 6 nitrogen and oxygen atoms in total. The Balaban J connectivity index is 1.60. The lowest BCUT2D eigenvalue weighted by Gasteiger charge is -2.07. The molecule has 0 bridgehead atoms. The van der Waals surface area contributed by atoms with Gasteiger partial charge in [0.05, 0.1) is 12.8 Å². The van der Waals surface area contributed by atoms with Crippen LogP contribution in [0.15, 0.2) is 59.3 Å². The molecule has 122 valence electrons. The Morgan fingerprint density at radius 1 is 1.12 bits per heavy atom. The van der Waals surface area contributed by atoms with Gasteiger partial charge in [-0.2, -0.15) is 0 Å². The van der Waals surface area contributed by atoms with E-state index in [1.165, 1.54) is 18.3 Å². The lowest BCUT2D eigenvalue weighted by Crippen LogP contribution is -2.24. The average Bonchev–Trinajstić information content (AvgIpc) is 3.13. The Morgan fingerprint density at radius 3 is 2.79 bits per heavy atom. The van der Waals surface area contributed by atoms with Gasteiger partial charge < -0.3 is 15.1 Å². The molecule has 1 aromatic carbocycles. The summed E-state index contributed by atoms with van der Waals surface area (Å²) in [6.07, 6.45) is 3.06. The zero-order valence-corrected chi connectivity index (χ0v) is 12.7. The zero-order chi connectivity index (χ0) is 16.8. The van der Waals surface area contributed by atoms with Crippen LogP contribution in [0.3, 0.4) is 0 Å². The van der Waals surface area contributed by atoms with Crippen LogP contribution in [0.4, 0.5) is 10.3 Å². The van der Waals surface area contributed by atoms with E-state index in [0.717, 1.165) is 5.76 Å². The number of halogens is 1. The molecule has 2 heterocycles. The molecule has 0 fully saturated rings. The van der Waals surface area contributed by atoms with Gasteiger partial charge in [-0.3, -0.25) is 4.79 Å². The number of carbonyl (C=O) groups excluding carboxylic acids is 1. The summed E-state index contributed by atoms with van der Waals surface area (Å²) in [5.74, 6) is 0.279. The van der Waals surface area contributed by atoms with Crippen LogP contribution in [0.5, 0.6) is 0 Å². The van der Waals surface area contributed by atoms with Crippen molar-refractivity contribution in [1.82, 2.24) is 15.3 Å². The summed E-state index contributed by atoms with van der Waals surface area (Å²) in [5, 5.41) is 5.61. The summed E-state index contributed by atoms with van der Waals surface area (Å²) in [5.41, 5.74) is 0.611. The Morgan fingerprint density at radius 2 is 2.00 bits per heavy atom. The quantitative estimate of drug-likeness (QED) is 0.728. The van der Waals surface area contributed by atoms with E-state index < -0.39 is 5.91 Å². The fourth-order valence-corrected chi connectivity index (χ4v) is 2.06. The number of hydrogen-bond donors (Lipinski definition) is 2. The van der Waals surface area contributed by atoms with E-state index in [-0.39, 0.29) is 18.1 Å². The first-order chi connectivity index (χ1) is 11.7. The third kappa shape index (κ3) is 3.95. The van der Waals surface area contributed by atoms with Gasteiger partial charge in [0.1, 0.15) is 17.3 Å². The van der Waals surface area contributed by atoms with Crippen molar-refractivity contribution in [2.24, 2.45) is 0 Å². The molecule has 3 aromatic rings. The van der Waals surface area contributed by atoms with Crippen molar-refractivity contribution in [3.05, 3.63) is 77.8 Å². The van der Waals surface area contributed by atoms with Gasteiger partial charge in [-0.05, 0) is 24.3 Å². The van der Waals surface area contributed by atoms with Crippen LogP contribution < -0.4 is 10.6 Å². The van der Waals surface area contributed by atoms with Gasteiger partial charge in [0.2, 0.25) is 5.95 Å². The smallest absolute Gasteiger partial charge is 0.270 e. The minimum absolute atomic E-state index is 0.0880. The number of rotatable bonds is 6. The van der Waals surface area contributed by atoms with E-state index in [9.17, 15) is 9.18 Å². The molecular formula is C17H15FN4O2. The molecule has 0 saturated heterocycles. The second-order valence-electron chi connectivity index (χ2n) is 4.97. The van der Waals surface area contributed by atoms with Crippen LogP contribution in [-0.4, -0.2) is 15.9 Å². The number of furan rings is 1. The number of amides is 1. The third-order valence-corrected chi connectivity index (χ3v) is 3.29. The molecule has 7 heteroatoms. The first-order valence-corrected chi connectivity index (χ1v) is 7.33. The van der Waals surface area contributed by atoms with Gasteiger partial charge in [-0.1, -0.05) is 18.2 Å². The molecule has 3 rings (SSSR count). The summed E-state index contributed by atoms with van der Waals surface area (Å²) >= 11 is 0. The van der Waals surface area contributed by atoms with Crippen LogP contribution in [0.1, 0.15) is 21.8 Å². The number of nitrogens with zero attached hydrogens (tertiary/aromatic N) is 2. The van der Waals surface area contributed by atoms with Gasteiger partial charge in [0.15, 0.2) is 0 Å². The topological polar surface area (TPSA) is 80.0 Å². The number of anilines is 1. The van der Waals surface area contributed by atoms with Crippen LogP contribution >= 0.6 is 0 Å². The number of benzene rings is 1. The molecule has 0 saturated carbocycles. The van der Waals surface area contributed by atoms with Gasteiger partial charge in [0.25, 0.3) is 5.91 Å². The highest BCUT2D eigenvalue weighted by Gasteiger charge is 2.10. The van der Waals surface area contributed by atoms with Crippen LogP contribution in [0.25, 0.3) is 0 Å². The normalized spacial score (nSPS) is 10.4. The summed E-state index contributed by atoms with van der Waals surface area (Å²) in [4.78, 5) is 20.3. The summed E-state index contributed by atoms with van der Waals surface area (Å²) in [6.45, 7) is 0.498. The van der Waals surface area contributed by atoms with Crippen molar-refractivity contribution in [1.29, 1.82) is 0 Å². The number of carbonyl (C=O) groups is 1. The highest BCUT2D eigenvalue weighted by molar-refractivity contribution is 5.92. The summed E-state index contributed by atoms with van der Waals surface area (Å²) < 4.78 is 18.7. The largest absolute Gasteiger partial charge is 0.467 e. The lowest BCUT2D eigenvalue weighted by atomic mass is 10.2. The SMILES string of the molecule is O=C(NCc1ccccc1F)c1ccnc(NCc2ccco2)n1. The maximum Gasteiger partial charge on any atom is 0.270 e. The molecule has 24 heavy (non-hydrogen) atoms. The van der Waals surface area contributed by atoms with Gasteiger partial charge in [-0.15, -0.1) is 0 Å². The predicted octanol–water partition coefficient (Wildman–Crippen LogP) is 2.75. The molecule has 0 radical (unpaired) electrons. The van der Waals surface area contributed by atoms with Crippen molar-refractivity contribution < 1.29 is 13.6 Å². The Kier molecular flexibility index (Phi) is 4.81. The second-order valence-corrected chi connectivity index (χ2v) is 4.97. The molecule has 2 aromatic heterocycles. The van der Waals surface area contributed by atoms with E-state index in [1.807, 2.05) is 6.07 Å². The van der Waals surface area contributed by atoms with Crippen molar-refractivity contribution >= 4 is 11.9 Å². The minimum Gasteiger partial charge on any atom is -0.467 e. The van der Waals surface area contributed by atoms with E-state index in [1.54, 1.807) is 30.5 Å². The van der Waals surface area contributed by atoms with E-state index >= 15 is 0 Å². The summed E-state index contributed by atoms with van der Waals surface area (Å²) in [7, 11) is 0. The van der Waals surface area contributed by atoms with E-state index in [0.29, 0.717) is 18.1 Å². The Bertz CT molecular complexity index is 821. The predicted molar refractivity (Wildman–Crippen MR) is 85.6 cm³/mol. The fourth-order valence-electron chi connectivity index (χ4n) is 2.06. The van der Waals surface area contributed by atoms with E-state index in [2.05, 4.69) is 20.6 Å². The first kappa shape index (κ1) is 15.7. The van der Waals surface area contributed by atoms with E-state index in [4.69, 9.17) is 4.42 Å². The van der Waals surface area contributed by atoms with Crippen LogP contribution in [0.2, 0.25) is 0 Å². The van der Waals surface area contributed by atoms with Gasteiger partial charge in [-0.25, -0.2) is 14.4 Å². The fraction of sp³-hybridized carbons (Fsp3) is 0.118. The molecule has 0 aliphatic heterocycles. The van der Waals surface area contributed by atoms with Crippen molar-refractivity contribution in [2.75, 3.05) is 5.32 Å². The number of hydrogen-bond acceptors (Lipinski definition) is 5. The maximum atomic E-state index is 13.5. The minimum atomic E-state index is -0.401. The highest BCUT2D eigenvalue weighted by Crippen LogP contribution is 2.07. The monoisotopic (exact) mass is 326 g/mol. The lowest BCUT2D eigenvalue weighted by molar-refractivity contribution is 0.0945. The number of nitrogens with one attached hydrogen (secondary N) is 2. The summed E-state index contributed by atoms with van der Waals surface area (Å²) in [6, 6.07) is 11.4. The zero-order valence-electron chi connectivity index (χ0n) is 12.7. The highest BCUT2D eigenvalue weighted by atomic mass is 19.1. The standard InChI is InChI=1S/C17H15FN4O2/c18-14-6-2-1-4-12(14)10-20-16(23)15-7-8-19-17(22-15)21-11-13-5-3-9-24-13/h1-9H,10-11H2,(H,20,23)(H,19,21,22). The second kappa shape index (κ2) is 7.36. The van der Waals surface area contributed by atoms with Gasteiger partial charge >= 0.3 is 0 Å². The Hall–Kier alpha value is -3.22. The molecule has 0 spiro atoms. The molecule has 0 atom stereocenters. The molecule has 0 aliphatic carbocycles. The molecule has 0 aliphatic rings. The van der Waals surface area contributed by atoms with Gasteiger partial charge in [0, 0.05) is 18.3 Å². The number of aromatic nitrogens is 2. The van der Waals surface area contributed by atoms with Crippen LogP contribution in [0, 0.1) is 5.82 Å². The first-order valence-electron chi connectivity index (χ1n) is 7.33. The molecule has 2 N–H and O–H groups in total. The maximum absolute atomic E-state index is 13.5.